The Morgan fingerprint density at radius 3 is 2.67 bits per heavy atom. The van der Waals surface area contributed by atoms with Gasteiger partial charge < -0.3 is 10.1 Å². The summed E-state index contributed by atoms with van der Waals surface area (Å²) in [6.45, 7) is 3.12. The summed E-state index contributed by atoms with van der Waals surface area (Å²) in [7, 11) is -1.76. The first-order valence-electron chi connectivity index (χ1n) is 5.53. The standard InChI is InChI=1S/C11H17BrN2O3S/c1-3-13-6-7-18(15,16)14-9-4-5-11(17-2)10(12)8-9/h4-5,8,13-14H,3,6-7H2,1-2H3. The lowest BCUT2D eigenvalue weighted by molar-refractivity contribution is 0.412. The Kier molecular flexibility index (Phi) is 5.90. The lowest BCUT2D eigenvalue weighted by Gasteiger charge is -2.10. The number of sulfonamides is 1. The highest BCUT2D eigenvalue weighted by Gasteiger charge is 2.10. The predicted molar refractivity (Wildman–Crippen MR) is 76.6 cm³/mol. The predicted octanol–water partition coefficient (Wildman–Crippen LogP) is 1.81. The molecule has 0 spiro atoms. The number of halogens is 1. The second kappa shape index (κ2) is 6.96. The molecule has 0 aromatic heterocycles. The van der Waals surface area contributed by atoms with E-state index in [2.05, 4.69) is 26.0 Å². The number of hydrogen-bond donors (Lipinski definition) is 2. The molecule has 0 atom stereocenters. The van der Waals surface area contributed by atoms with Crippen LogP contribution in [0.1, 0.15) is 6.92 Å². The minimum absolute atomic E-state index is 0.0461. The molecule has 0 aliphatic rings. The van der Waals surface area contributed by atoms with Gasteiger partial charge in [0.25, 0.3) is 0 Å². The molecule has 0 bridgehead atoms. The molecule has 1 rings (SSSR count). The maximum absolute atomic E-state index is 11.7. The Morgan fingerprint density at radius 2 is 2.11 bits per heavy atom. The molecule has 18 heavy (non-hydrogen) atoms. The van der Waals surface area contributed by atoms with Gasteiger partial charge in [0.15, 0.2) is 0 Å². The Morgan fingerprint density at radius 1 is 1.39 bits per heavy atom. The first-order chi connectivity index (χ1) is 8.48. The van der Waals surface area contributed by atoms with Crippen LogP contribution >= 0.6 is 15.9 Å². The van der Waals surface area contributed by atoms with Crippen LogP contribution in [0.15, 0.2) is 22.7 Å². The molecule has 7 heteroatoms. The number of benzene rings is 1. The van der Waals surface area contributed by atoms with E-state index in [0.29, 0.717) is 22.5 Å². The summed E-state index contributed by atoms with van der Waals surface area (Å²) in [5, 5.41) is 2.97. The molecule has 0 radical (unpaired) electrons. The van der Waals surface area contributed by atoms with Crippen LogP contribution in [0.4, 0.5) is 5.69 Å². The quantitative estimate of drug-likeness (QED) is 0.745. The van der Waals surface area contributed by atoms with E-state index in [1.54, 1.807) is 25.3 Å². The van der Waals surface area contributed by atoms with Gasteiger partial charge in [0.2, 0.25) is 10.0 Å². The van der Waals surface area contributed by atoms with E-state index in [-0.39, 0.29) is 5.75 Å². The Bertz CT molecular complexity index is 491. The summed E-state index contributed by atoms with van der Waals surface area (Å²) in [5.41, 5.74) is 0.513. The summed E-state index contributed by atoms with van der Waals surface area (Å²) in [5.74, 6) is 0.704. The van der Waals surface area contributed by atoms with Gasteiger partial charge in [-0.25, -0.2) is 8.42 Å². The largest absolute Gasteiger partial charge is 0.496 e. The highest BCUT2D eigenvalue weighted by Crippen LogP contribution is 2.28. The molecular formula is C11H17BrN2O3S. The Balaban J connectivity index is 2.69. The van der Waals surface area contributed by atoms with Gasteiger partial charge in [-0.05, 0) is 40.7 Å². The maximum Gasteiger partial charge on any atom is 0.233 e. The van der Waals surface area contributed by atoms with Crippen molar-refractivity contribution in [1.29, 1.82) is 0 Å². The number of hydrogen-bond acceptors (Lipinski definition) is 4. The van der Waals surface area contributed by atoms with Gasteiger partial charge in [0, 0.05) is 12.2 Å². The molecule has 0 saturated carbocycles. The molecule has 2 N–H and O–H groups in total. The number of nitrogens with one attached hydrogen (secondary N) is 2. The summed E-state index contributed by atoms with van der Waals surface area (Å²) >= 11 is 3.31. The monoisotopic (exact) mass is 336 g/mol. The molecule has 0 aliphatic carbocycles. The molecule has 0 amide bonds. The molecule has 0 fully saturated rings. The summed E-state index contributed by atoms with van der Waals surface area (Å²) in [4.78, 5) is 0. The molecule has 5 nitrogen and oxygen atoms in total. The van der Waals surface area contributed by atoms with E-state index < -0.39 is 10.0 Å². The SMILES string of the molecule is CCNCCS(=O)(=O)Nc1ccc(OC)c(Br)c1. The van der Waals surface area contributed by atoms with Crippen LogP contribution in [0.3, 0.4) is 0 Å². The summed E-state index contributed by atoms with van der Waals surface area (Å²) in [6.07, 6.45) is 0. The summed E-state index contributed by atoms with van der Waals surface area (Å²) in [6, 6.07) is 5.03. The van der Waals surface area contributed by atoms with E-state index in [1.165, 1.54) is 0 Å². The van der Waals surface area contributed by atoms with Crippen molar-refractivity contribution in [3.63, 3.8) is 0 Å². The molecule has 102 valence electrons. The van der Waals surface area contributed by atoms with Gasteiger partial charge in [-0.1, -0.05) is 6.92 Å². The van der Waals surface area contributed by atoms with Crippen molar-refractivity contribution in [3.05, 3.63) is 22.7 Å². The van der Waals surface area contributed by atoms with Gasteiger partial charge in [-0.3, -0.25) is 4.72 Å². The third-order valence-electron chi connectivity index (χ3n) is 2.22. The number of ether oxygens (including phenoxy) is 1. The van der Waals surface area contributed by atoms with Crippen LogP contribution in [-0.2, 0) is 10.0 Å². The second-order valence-electron chi connectivity index (χ2n) is 3.62. The lowest BCUT2D eigenvalue weighted by atomic mass is 10.3. The van der Waals surface area contributed by atoms with Crippen molar-refractivity contribution in [2.75, 3.05) is 30.7 Å². The smallest absolute Gasteiger partial charge is 0.233 e. The van der Waals surface area contributed by atoms with Crippen molar-refractivity contribution in [3.8, 4) is 5.75 Å². The van der Waals surface area contributed by atoms with Gasteiger partial charge in [0.1, 0.15) is 5.75 Å². The number of methoxy groups -OCH3 is 1. The van der Waals surface area contributed by atoms with Crippen LogP contribution in [0, 0.1) is 0 Å². The van der Waals surface area contributed by atoms with Gasteiger partial charge >= 0.3 is 0 Å². The van der Waals surface area contributed by atoms with Crippen LogP contribution < -0.4 is 14.8 Å². The van der Waals surface area contributed by atoms with E-state index in [0.717, 1.165) is 6.54 Å². The normalized spacial score (nSPS) is 11.3. The topological polar surface area (TPSA) is 67.4 Å². The zero-order valence-electron chi connectivity index (χ0n) is 10.4. The molecule has 1 aromatic carbocycles. The van der Waals surface area contributed by atoms with E-state index in [9.17, 15) is 8.42 Å². The summed E-state index contributed by atoms with van der Waals surface area (Å²) < 4.78 is 31.8. The van der Waals surface area contributed by atoms with Gasteiger partial charge in [0.05, 0.1) is 17.3 Å². The highest BCUT2D eigenvalue weighted by atomic mass is 79.9. The van der Waals surface area contributed by atoms with Crippen LogP contribution in [0.2, 0.25) is 0 Å². The van der Waals surface area contributed by atoms with Gasteiger partial charge in [-0.15, -0.1) is 0 Å². The highest BCUT2D eigenvalue weighted by molar-refractivity contribution is 9.10. The molecule has 0 aliphatic heterocycles. The first-order valence-corrected chi connectivity index (χ1v) is 7.97. The number of anilines is 1. The van der Waals surface area contributed by atoms with E-state index >= 15 is 0 Å². The van der Waals surface area contributed by atoms with Crippen LogP contribution in [-0.4, -0.2) is 34.4 Å². The van der Waals surface area contributed by atoms with Crippen LogP contribution in [0.5, 0.6) is 5.75 Å². The molecule has 1 aromatic rings. The Hall–Kier alpha value is -0.790. The molecule has 0 saturated heterocycles. The second-order valence-corrected chi connectivity index (χ2v) is 6.32. The van der Waals surface area contributed by atoms with Crippen molar-refractivity contribution in [2.24, 2.45) is 0 Å². The van der Waals surface area contributed by atoms with Gasteiger partial charge in [-0.2, -0.15) is 0 Å². The zero-order chi connectivity index (χ0) is 13.6. The average molecular weight is 337 g/mol. The Labute approximate surface area is 116 Å². The zero-order valence-corrected chi connectivity index (χ0v) is 12.8. The maximum atomic E-state index is 11.7. The van der Waals surface area contributed by atoms with Crippen molar-refractivity contribution in [2.45, 2.75) is 6.92 Å². The van der Waals surface area contributed by atoms with Crippen molar-refractivity contribution in [1.82, 2.24) is 5.32 Å². The fourth-order valence-corrected chi connectivity index (χ4v) is 2.89. The van der Waals surface area contributed by atoms with E-state index in [4.69, 9.17) is 4.74 Å². The molecular weight excluding hydrogens is 320 g/mol. The van der Waals surface area contributed by atoms with Crippen LogP contribution in [0.25, 0.3) is 0 Å². The van der Waals surface area contributed by atoms with E-state index in [1.807, 2.05) is 6.92 Å². The third-order valence-corrected chi connectivity index (χ3v) is 4.13. The minimum Gasteiger partial charge on any atom is -0.496 e. The molecule has 0 unspecified atom stereocenters. The fraction of sp³-hybridized carbons (Fsp3) is 0.455. The third kappa shape index (κ3) is 4.83. The first kappa shape index (κ1) is 15.3. The molecule has 0 heterocycles. The van der Waals surface area contributed by atoms with Crippen molar-refractivity contribution < 1.29 is 13.2 Å². The van der Waals surface area contributed by atoms with Crippen molar-refractivity contribution >= 4 is 31.6 Å². The fourth-order valence-electron chi connectivity index (χ4n) is 1.34. The lowest BCUT2D eigenvalue weighted by Crippen LogP contribution is -2.26. The minimum atomic E-state index is -3.32. The average Bonchev–Trinajstić information content (AvgIpc) is 2.29. The number of rotatable bonds is 7.